The van der Waals surface area contributed by atoms with E-state index in [0.29, 0.717) is 0 Å². The lowest BCUT2D eigenvalue weighted by atomic mass is 10.9. The van der Waals surface area contributed by atoms with Crippen LogP contribution in [0.3, 0.4) is 0 Å². The first-order valence-corrected chi connectivity index (χ1v) is 1.66. The number of rotatable bonds is 0. The second-order valence-electron chi connectivity index (χ2n) is 0.821. The summed E-state index contributed by atoms with van der Waals surface area (Å²) in [5.74, 6) is -0.690. The van der Waals surface area contributed by atoms with Gasteiger partial charge in [0.05, 0.1) is 0 Å². The van der Waals surface area contributed by atoms with Crippen LogP contribution in [-0.2, 0) is 9.68 Å². The van der Waals surface area contributed by atoms with E-state index in [4.69, 9.17) is 20.6 Å². The Hall–Kier alpha value is -1.37. The highest BCUT2D eigenvalue weighted by atomic mass is 17.1. The smallest absolute Gasteiger partial charge is 0.328 e. The van der Waals surface area contributed by atoms with E-state index in [2.05, 4.69) is 4.89 Å². The Morgan fingerprint density at radius 1 is 1.78 bits per heavy atom. The molecule has 0 aliphatic carbocycles. The molecule has 0 spiro atoms. The average molecular weight is 139 g/mol. The summed E-state index contributed by atoms with van der Waals surface area (Å²) in [7, 11) is 0. The van der Waals surface area contributed by atoms with E-state index in [1.807, 2.05) is 0 Å². The van der Waals surface area contributed by atoms with Gasteiger partial charge in [-0.1, -0.05) is 0 Å². The highest BCUT2D eigenvalue weighted by Gasteiger charge is 1.79. The zero-order valence-corrected chi connectivity index (χ0v) is 4.47. The minimum absolute atomic E-state index is 0.690. The molecule has 0 heterocycles. The molecule has 0 amide bonds. The van der Waals surface area contributed by atoms with Crippen molar-refractivity contribution < 1.29 is 25.2 Å². The monoisotopic (exact) mass is 139 g/mol. The highest BCUT2D eigenvalue weighted by molar-refractivity contribution is 5.64. The normalized spacial score (nSPS) is 6.44. The third-order valence-electron chi connectivity index (χ3n) is 0.129. The molecule has 54 valence electrons. The van der Waals surface area contributed by atoms with E-state index >= 15 is 0 Å². The topological polar surface area (TPSA) is 110 Å². The van der Waals surface area contributed by atoms with Crippen LogP contribution in [-0.4, -0.2) is 21.5 Å². The van der Waals surface area contributed by atoms with E-state index in [9.17, 15) is 4.79 Å². The molecule has 7 heteroatoms. The molecule has 0 aromatic heterocycles. The lowest BCUT2D eigenvalue weighted by Crippen LogP contribution is -1.89. The summed E-state index contributed by atoms with van der Waals surface area (Å²) in [6.45, 7) is 1.11. The van der Waals surface area contributed by atoms with Crippen LogP contribution in [0, 0.1) is 10.1 Å². The summed E-state index contributed by atoms with van der Waals surface area (Å²) < 4.78 is 0. The van der Waals surface area contributed by atoms with Crippen LogP contribution in [0.15, 0.2) is 0 Å². The molecule has 2 N–H and O–H groups in total. The summed E-state index contributed by atoms with van der Waals surface area (Å²) in [4.78, 5) is 20.8. The third-order valence-corrected chi connectivity index (χ3v) is 0.129. The molecule has 0 radical (unpaired) electrons. The molecule has 0 unspecified atom stereocenters. The van der Waals surface area contributed by atoms with E-state index < -0.39 is 11.1 Å². The van der Waals surface area contributed by atoms with Gasteiger partial charge in [0, 0.05) is 6.92 Å². The zero-order valence-electron chi connectivity index (χ0n) is 4.47. The molecule has 0 saturated heterocycles. The molecule has 0 rings (SSSR count). The van der Waals surface area contributed by atoms with Crippen LogP contribution in [0.25, 0.3) is 0 Å². The van der Waals surface area contributed by atoms with Gasteiger partial charge in [0.15, 0.2) is 0 Å². The van der Waals surface area contributed by atoms with Crippen LogP contribution in [0.4, 0.5) is 0 Å². The molecule has 0 aromatic rings. The average Bonchev–Trinajstić information content (AvgIpc) is 1.65. The number of nitrogens with zero attached hydrogens (tertiary/aromatic N) is 1. The highest BCUT2D eigenvalue weighted by Crippen LogP contribution is 1.59. The Morgan fingerprint density at radius 2 is 1.89 bits per heavy atom. The van der Waals surface area contributed by atoms with Gasteiger partial charge in [-0.05, 0) is 0 Å². The van der Waals surface area contributed by atoms with E-state index in [-0.39, 0.29) is 0 Å². The van der Waals surface area contributed by atoms with Crippen LogP contribution < -0.4 is 0 Å². The van der Waals surface area contributed by atoms with Crippen LogP contribution >= 0.6 is 0 Å². The maximum atomic E-state index is 9.34. The summed E-state index contributed by atoms with van der Waals surface area (Å²) in [5.41, 5.74) is 0. The fraction of sp³-hybridized carbons (Fsp3) is 0.500. The second kappa shape index (κ2) is 6.63. The largest absolute Gasteiger partial charge is 0.339 e. The van der Waals surface area contributed by atoms with E-state index in [1.54, 1.807) is 0 Å². The summed E-state index contributed by atoms with van der Waals surface area (Å²) in [5, 5.41) is 20.9. The Labute approximate surface area is 49.5 Å². The van der Waals surface area contributed by atoms with Crippen molar-refractivity contribution in [1.82, 2.24) is 0 Å². The predicted octanol–water partition coefficient (Wildman–Crippen LogP) is -0.325. The predicted molar refractivity (Wildman–Crippen MR) is 23.2 cm³/mol. The van der Waals surface area contributed by atoms with Gasteiger partial charge in [-0.2, -0.15) is 5.26 Å². The quantitative estimate of drug-likeness (QED) is 0.270. The van der Waals surface area contributed by atoms with Gasteiger partial charge in [-0.15, -0.1) is 10.1 Å². The maximum absolute atomic E-state index is 9.34. The molecule has 0 saturated carbocycles. The van der Waals surface area contributed by atoms with Crippen molar-refractivity contribution in [3.8, 4) is 0 Å². The van der Waals surface area contributed by atoms with Crippen LogP contribution in [0.5, 0.6) is 0 Å². The Balaban J connectivity index is 0. The van der Waals surface area contributed by atoms with Crippen molar-refractivity contribution in [3.63, 3.8) is 0 Å². The summed E-state index contributed by atoms with van der Waals surface area (Å²) in [6, 6.07) is 0. The van der Waals surface area contributed by atoms with Gasteiger partial charge in [-0.25, -0.2) is 4.79 Å². The minimum atomic E-state index is -1.50. The Bertz CT molecular complexity index is 95.2. The fourth-order valence-corrected chi connectivity index (χ4v) is 0. The van der Waals surface area contributed by atoms with Gasteiger partial charge in [0.2, 0.25) is 0 Å². The molecule has 0 fully saturated rings. The number of hydrogen-bond acceptors (Lipinski definition) is 5. The standard InChI is InChI=1S/C2H4O3.HNO3/c1-2(3)5-4;2-1(3)4/h4H,1H3;(H,2,3,4). The SMILES string of the molecule is CC(=O)OO.O=[N+]([O-])O. The van der Waals surface area contributed by atoms with Crippen LogP contribution in [0.1, 0.15) is 6.92 Å². The lowest BCUT2D eigenvalue weighted by molar-refractivity contribution is -0.742. The number of carbonyl (C=O) groups is 1. The fourth-order valence-electron chi connectivity index (χ4n) is 0. The first-order valence-electron chi connectivity index (χ1n) is 1.66. The third kappa shape index (κ3) is 358. The summed E-state index contributed by atoms with van der Waals surface area (Å²) in [6.07, 6.45) is 0. The van der Waals surface area contributed by atoms with Crippen molar-refractivity contribution in [2.24, 2.45) is 0 Å². The second-order valence-corrected chi connectivity index (χ2v) is 0.821. The number of hydrogen-bond donors (Lipinski definition) is 2. The van der Waals surface area contributed by atoms with Crippen molar-refractivity contribution in [3.05, 3.63) is 10.1 Å². The van der Waals surface area contributed by atoms with Gasteiger partial charge < -0.3 is 10.1 Å². The van der Waals surface area contributed by atoms with Gasteiger partial charge in [0.1, 0.15) is 0 Å². The molecule has 9 heavy (non-hydrogen) atoms. The van der Waals surface area contributed by atoms with Crippen molar-refractivity contribution in [2.45, 2.75) is 6.92 Å². The summed E-state index contributed by atoms with van der Waals surface area (Å²) >= 11 is 0. The Morgan fingerprint density at radius 3 is 1.89 bits per heavy atom. The molecule has 0 aromatic carbocycles. The van der Waals surface area contributed by atoms with Gasteiger partial charge >= 0.3 is 5.97 Å². The molecule has 0 atom stereocenters. The first kappa shape index (κ1) is 10.6. The molecule has 0 aliphatic heterocycles. The van der Waals surface area contributed by atoms with Gasteiger partial charge in [-0.3, -0.25) is 0 Å². The van der Waals surface area contributed by atoms with Gasteiger partial charge in [0.25, 0.3) is 5.09 Å². The number of carbonyl (C=O) groups excluding carboxylic acids is 1. The minimum Gasteiger partial charge on any atom is -0.328 e. The van der Waals surface area contributed by atoms with Crippen LogP contribution in [0.2, 0.25) is 0 Å². The lowest BCUT2D eigenvalue weighted by Gasteiger charge is -1.76. The van der Waals surface area contributed by atoms with E-state index in [1.165, 1.54) is 0 Å². The van der Waals surface area contributed by atoms with Crippen molar-refractivity contribution in [2.75, 3.05) is 0 Å². The first-order chi connectivity index (χ1) is 4.00. The van der Waals surface area contributed by atoms with E-state index in [0.717, 1.165) is 6.92 Å². The molecule has 0 bridgehead atoms. The maximum Gasteiger partial charge on any atom is 0.339 e. The zero-order chi connectivity index (χ0) is 7.86. The molecule has 0 aliphatic rings. The molecular weight excluding hydrogens is 134 g/mol. The van der Waals surface area contributed by atoms with Crippen molar-refractivity contribution >= 4 is 5.97 Å². The Kier molecular flexibility index (Phi) is 7.79. The molecular formula is C2H5NO6. The molecule has 7 nitrogen and oxygen atoms in total. The van der Waals surface area contributed by atoms with Crippen molar-refractivity contribution in [1.29, 1.82) is 0 Å².